The summed E-state index contributed by atoms with van der Waals surface area (Å²) in [6.45, 7) is 0. The molecular formula is C16H22N2O3. The maximum absolute atomic E-state index is 12.0. The Morgan fingerprint density at radius 3 is 2.62 bits per heavy atom. The summed E-state index contributed by atoms with van der Waals surface area (Å²) in [4.78, 5) is 22.9. The molecule has 1 fully saturated rings. The van der Waals surface area contributed by atoms with Gasteiger partial charge in [-0.2, -0.15) is 0 Å². The number of hydrogen-bond acceptors (Lipinski definition) is 3. The van der Waals surface area contributed by atoms with Gasteiger partial charge >= 0.3 is 5.97 Å². The fourth-order valence-electron chi connectivity index (χ4n) is 2.74. The van der Waals surface area contributed by atoms with Crippen LogP contribution in [-0.4, -0.2) is 29.1 Å². The number of benzene rings is 1. The van der Waals surface area contributed by atoms with Gasteiger partial charge in [0.1, 0.15) is 0 Å². The number of rotatable bonds is 6. The minimum absolute atomic E-state index is 0.0543. The first kappa shape index (κ1) is 15.5. The standard InChI is InChI=1S/C16H22N2O3/c17-14(9-6-11-4-2-1-3-5-11)15(19)18-13-8-7-12(10-13)16(20)21/h1-5,12-14H,6-10,17H2,(H,18,19)(H,20,21)/t12?,13?,14-/m0/s1. The summed E-state index contributed by atoms with van der Waals surface area (Å²) >= 11 is 0. The van der Waals surface area contributed by atoms with Gasteiger partial charge in [0.25, 0.3) is 0 Å². The summed E-state index contributed by atoms with van der Waals surface area (Å²) < 4.78 is 0. The molecule has 0 saturated heterocycles. The van der Waals surface area contributed by atoms with Crippen LogP contribution in [0.1, 0.15) is 31.2 Å². The van der Waals surface area contributed by atoms with Crippen LogP contribution in [-0.2, 0) is 16.0 Å². The van der Waals surface area contributed by atoms with Crippen molar-refractivity contribution in [2.45, 2.75) is 44.2 Å². The van der Waals surface area contributed by atoms with Crippen molar-refractivity contribution in [3.8, 4) is 0 Å². The van der Waals surface area contributed by atoms with Crippen LogP contribution in [0.15, 0.2) is 30.3 Å². The summed E-state index contributed by atoms with van der Waals surface area (Å²) in [7, 11) is 0. The zero-order valence-corrected chi connectivity index (χ0v) is 12.0. The van der Waals surface area contributed by atoms with Crippen LogP contribution in [0.4, 0.5) is 0 Å². The Bertz CT molecular complexity index is 490. The second-order valence-corrected chi connectivity index (χ2v) is 5.68. The number of carboxylic acids is 1. The smallest absolute Gasteiger partial charge is 0.306 e. The summed E-state index contributed by atoms with van der Waals surface area (Å²) in [6, 6.07) is 9.31. The summed E-state index contributed by atoms with van der Waals surface area (Å²) in [6.07, 6.45) is 3.20. The van der Waals surface area contributed by atoms with Gasteiger partial charge in [0.2, 0.25) is 5.91 Å². The van der Waals surface area contributed by atoms with E-state index in [0.717, 1.165) is 12.0 Å². The third-order valence-electron chi connectivity index (χ3n) is 4.05. The first-order valence-corrected chi connectivity index (χ1v) is 7.39. The van der Waals surface area contributed by atoms with Crippen molar-refractivity contribution in [2.75, 3.05) is 0 Å². The van der Waals surface area contributed by atoms with E-state index in [-0.39, 0.29) is 17.9 Å². The quantitative estimate of drug-likeness (QED) is 0.736. The van der Waals surface area contributed by atoms with Gasteiger partial charge in [-0.15, -0.1) is 0 Å². The molecular weight excluding hydrogens is 268 g/mol. The maximum Gasteiger partial charge on any atom is 0.306 e. The highest BCUT2D eigenvalue weighted by Gasteiger charge is 2.31. The molecule has 5 heteroatoms. The van der Waals surface area contributed by atoms with Crippen LogP contribution in [0.3, 0.4) is 0 Å². The van der Waals surface area contributed by atoms with Crippen molar-refractivity contribution in [3.63, 3.8) is 0 Å². The fourth-order valence-corrected chi connectivity index (χ4v) is 2.74. The molecule has 2 rings (SSSR count). The van der Waals surface area contributed by atoms with Crippen LogP contribution in [0.5, 0.6) is 0 Å². The highest BCUT2D eigenvalue weighted by molar-refractivity contribution is 5.82. The average molecular weight is 290 g/mol. The molecule has 1 amide bonds. The Balaban J connectivity index is 1.74. The Morgan fingerprint density at radius 2 is 2.00 bits per heavy atom. The van der Waals surface area contributed by atoms with Crippen molar-refractivity contribution in [2.24, 2.45) is 11.7 Å². The molecule has 1 saturated carbocycles. The lowest BCUT2D eigenvalue weighted by Crippen LogP contribution is -2.44. The molecule has 0 bridgehead atoms. The Kier molecular flexibility index (Phi) is 5.33. The SMILES string of the molecule is N[C@@H](CCc1ccccc1)C(=O)NC1CCC(C(=O)O)C1. The highest BCUT2D eigenvalue weighted by atomic mass is 16.4. The number of hydrogen-bond donors (Lipinski definition) is 3. The predicted octanol–water partition coefficient (Wildman–Crippen LogP) is 1.32. The molecule has 0 radical (unpaired) electrons. The molecule has 1 aromatic carbocycles. The molecule has 1 aliphatic carbocycles. The molecule has 4 N–H and O–H groups in total. The third kappa shape index (κ3) is 4.56. The Hall–Kier alpha value is -1.88. The van der Waals surface area contributed by atoms with E-state index < -0.39 is 12.0 Å². The second-order valence-electron chi connectivity index (χ2n) is 5.68. The molecule has 1 aliphatic rings. The topological polar surface area (TPSA) is 92.4 Å². The number of aliphatic carboxylic acids is 1. The van der Waals surface area contributed by atoms with Crippen LogP contribution in [0, 0.1) is 5.92 Å². The normalized spacial score (nSPS) is 22.7. The lowest BCUT2D eigenvalue weighted by molar-refractivity contribution is -0.141. The second kappa shape index (κ2) is 7.22. The van der Waals surface area contributed by atoms with E-state index in [4.69, 9.17) is 10.8 Å². The number of carboxylic acid groups (broad SMARTS) is 1. The summed E-state index contributed by atoms with van der Waals surface area (Å²) in [5.41, 5.74) is 7.07. The van der Waals surface area contributed by atoms with Gasteiger partial charge < -0.3 is 16.2 Å². The highest BCUT2D eigenvalue weighted by Crippen LogP contribution is 2.25. The maximum atomic E-state index is 12.0. The molecule has 2 unspecified atom stereocenters. The van der Waals surface area contributed by atoms with Crippen LogP contribution < -0.4 is 11.1 Å². The third-order valence-corrected chi connectivity index (χ3v) is 4.05. The largest absolute Gasteiger partial charge is 0.481 e. The van der Waals surface area contributed by atoms with E-state index in [0.29, 0.717) is 25.7 Å². The Morgan fingerprint density at radius 1 is 1.29 bits per heavy atom. The molecule has 0 aliphatic heterocycles. The van der Waals surface area contributed by atoms with Crippen LogP contribution in [0.25, 0.3) is 0 Å². The van der Waals surface area contributed by atoms with Crippen LogP contribution in [0.2, 0.25) is 0 Å². The van der Waals surface area contributed by atoms with Gasteiger partial charge in [-0.3, -0.25) is 9.59 Å². The van der Waals surface area contributed by atoms with Crippen molar-refractivity contribution in [1.29, 1.82) is 0 Å². The zero-order chi connectivity index (χ0) is 15.2. The monoisotopic (exact) mass is 290 g/mol. The Labute approximate surface area is 124 Å². The van der Waals surface area contributed by atoms with Crippen LogP contribution >= 0.6 is 0 Å². The van der Waals surface area contributed by atoms with E-state index in [1.54, 1.807) is 0 Å². The predicted molar refractivity (Wildman–Crippen MR) is 79.6 cm³/mol. The lowest BCUT2D eigenvalue weighted by Gasteiger charge is -2.16. The summed E-state index contributed by atoms with van der Waals surface area (Å²) in [5, 5.41) is 11.8. The molecule has 3 atom stereocenters. The van der Waals surface area contributed by atoms with Gasteiger partial charge in [-0.1, -0.05) is 30.3 Å². The number of carbonyl (C=O) groups is 2. The first-order chi connectivity index (χ1) is 10.1. The van der Waals surface area contributed by atoms with Gasteiger partial charge in [-0.25, -0.2) is 0 Å². The number of aryl methyl sites for hydroxylation is 1. The van der Waals surface area contributed by atoms with E-state index in [1.807, 2.05) is 30.3 Å². The lowest BCUT2D eigenvalue weighted by atomic mass is 10.0. The fraction of sp³-hybridized carbons (Fsp3) is 0.500. The molecule has 1 aromatic rings. The molecule has 0 aromatic heterocycles. The van der Waals surface area contributed by atoms with Crippen molar-refractivity contribution >= 4 is 11.9 Å². The number of nitrogens with one attached hydrogen (secondary N) is 1. The molecule has 114 valence electrons. The van der Waals surface area contributed by atoms with E-state index in [2.05, 4.69) is 5.32 Å². The van der Waals surface area contributed by atoms with Crippen molar-refractivity contribution in [3.05, 3.63) is 35.9 Å². The van der Waals surface area contributed by atoms with Gasteiger partial charge in [0, 0.05) is 6.04 Å². The minimum Gasteiger partial charge on any atom is -0.481 e. The van der Waals surface area contributed by atoms with Gasteiger partial charge in [0.15, 0.2) is 0 Å². The number of amides is 1. The van der Waals surface area contributed by atoms with Crippen molar-refractivity contribution in [1.82, 2.24) is 5.32 Å². The molecule has 0 spiro atoms. The summed E-state index contributed by atoms with van der Waals surface area (Å²) in [5.74, 6) is -1.29. The molecule has 5 nitrogen and oxygen atoms in total. The number of carbonyl (C=O) groups excluding carboxylic acids is 1. The van der Waals surface area contributed by atoms with Crippen molar-refractivity contribution < 1.29 is 14.7 Å². The van der Waals surface area contributed by atoms with E-state index >= 15 is 0 Å². The molecule has 0 heterocycles. The van der Waals surface area contributed by atoms with E-state index in [1.165, 1.54) is 0 Å². The van der Waals surface area contributed by atoms with Gasteiger partial charge in [-0.05, 0) is 37.7 Å². The number of nitrogens with two attached hydrogens (primary N) is 1. The van der Waals surface area contributed by atoms with E-state index in [9.17, 15) is 9.59 Å². The van der Waals surface area contributed by atoms with Gasteiger partial charge in [0.05, 0.1) is 12.0 Å². The first-order valence-electron chi connectivity index (χ1n) is 7.39. The average Bonchev–Trinajstić information content (AvgIpc) is 2.94. The zero-order valence-electron chi connectivity index (χ0n) is 12.0. The molecule has 21 heavy (non-hydrogen) atoms. The minimum atomic E-state index is -0.778.